The van der Waals surface area contributed by atoms with Crippen LogP contribution in [0.4, 0.5) is 4.79 Å². The number of furan rings is 1. The zero-order valence-corrected chi connectivity index (χ0v) is 10.9. The lowest BCUT2D eigenvalue weighted by Gasteiger charge is -2.14. The van der Waals surface area contributed by atoms with Crippen molar-refractivity contribution in [3.8, 4) is 0 Å². The van der Waals surface area contributed by atoms with E-state index in [1.165, 1.54) is 0 Å². The van der Waals surface area contributed by atoms with Crippen molar-refractivity contribution < 1.29 is 9.21 Å². The lowest BCUT2D eigenvalue weighted by Crippen LogP contribution is -2.40. The number of fused-ring (bicyclic) bond motifs is 1. The van der Waals surface area contributed by atoms with E-state index in [-0.39, 0.29) is 18.1 Å². The van der Waals surface area contributed by atoms with E-state index in [1.807, 2.05) is 51.1 Å². The van der Waals surface area contributed by atoms with Gasteiger partial charge in [0, 0.05) is 11.4 Å². The Hall–Kier alpha value is -1.97. The first-order valence-corrected chi connectivity index (χ1v) is 6.12. The summed E-state index contributed by atoms with van der Waals surface area (Å²) in [5.74, 6) is 0.759. The maximum Gasteiger partial charge on any atom is 0.315 e. The van der Waals surface area contributed by atoms with E-state index in [0.717, 1.165) is 16.7 Å². The number of benzene rings is 1. The predicted octanol–water partition coefficient (Wildman–Crippen LogP) is 3.20. The van der Waals surface area contributed by atoms with Crippen molar-refractivity contribution in [2.75, 3.05) is 0 Å². The van der Waals surface area contributed by atoms with Crippen molar-refractivity contribution in [1.29, 1.82) is 0 Å². The van der Waals surface area contributed by atoms with Crippen LogP contribution in [0.15, 0.2) is 34.7 Å². The van der Waals surface area contributed by atoms with Crippen LogP contribution in [0.5, 0.6) is 0 Å². The summed E-state index contributed by atoms with van der Waals surface area (Å²) in [6.45, 7) is 5.74. The molecule has 0 aliphatic carbocycles. The normalized spacial score (nSPS) is 12.7. The predicted molar refractivity (Wildman–Crippen MR) is 71.4 cm³/mol. The van der Waals surface area contributed by atoms with Crippen molar-refractivity contribution in [3.05, 3.63) is 36.1 Å². The highest BCUT2D eigenvalue weighted by molar-refractivity contribution is 5.78. The van der Waals surface area contributed by atoms with Gasteiger partial charge in [-0.3, -0.25) is 0 Å². The van der Waals surface area contributed by atoms with Crippen molar-refractivity contribution in [1.82, 2.24) is 10.6 Å². The van der Waals surface area contributed by atoms with Gasteiger partial charge in [-0.25, -0.2) is 4.79 Å². The van der Waals surface area contributed by atoms with Crippen LogP contribution in [-0.4, -0.2) is 12.1 Å². The van der Waals surface area contributed by atoms with Gasteiger partial charge in [0.15, 0.2) is 0 Å². The molecule has 4 nitrogen and oxygen atoms in total. The molecule has 0 aliphatic rings. The SMILES string of the molecule is CC(C)NC(=O)NC(C)c1cc2ccccc2o1. The second-order valence-electron chi connectivity index (χ2n) is 4.68. The maximum absolute atomic E-state index is 11.6. The molecule has 2 amide bonds. The van der Waals surface area contributed by atoms with Crippen LogP contribution in [0.3, 0.4) is 0 Å². The molecule has 2 N–H and O–H groups in total. The van der Waals surface area contributed by atoms with Gasteiger partial charge >= 0.3 is 6.03 Å². The second-order valence-corrected chi connectivity index (χ2v) is 4.68. The first kappa shape index (κ1) is 12.5. The summed E-state index contributed by atoms with van der Waals surface area (Å²) in [7, 11) is 0. The standard InChI is InChI=1S/C14H18N2O2/c1-9(2)15-14(17)16-10(3)13-8-11-6-4-5-7-12(11)18-13/h4-10H,1-3H3,(H2,15,16,17). The van der Waals surface area contributed by atoms with Crippen LogP contribution in [0, 0.1) is 0 Å². The number of amides is 2. The summed E-state index contributed by atoms with van der Waals surface area (Å²) >= 11 is 0. The maximum atomic E-state index is 11.6. The largest absolute Gasteiger partial charge is 0.459 e. The lowest BCUT2D eigenvalue weighted by atomic mass is 10.2. The summed E-state index contributed by atoms with van der Waals surface area (Å²) < 4.78 is 5.69. The fourth-order valence-electron chi connectivity index (χ4n) is 1.79. The minimum Gasteiger partial charge on any atom is -0.459 e. The Morgan fingerprint density at radius 1 is 1.17 bits per heavy atom. The van der Waals surface area contributed by atoms with Crippen LogP contribution >= 0.6 is 0 Å². The minimum atomic E-state index is -0.182. The van der Waals surface area contributed by atoms with Gasteiger partial charge in [-0.1, -0.05) is 18.2 Å². The minimum absolute atomic E-state index is 0.118. The number of urea groups is 1. The lowest BCUT2D eigenvalue weighted by molar-refractivity contribution is 0.234. The Morgan fingerprint density at radius 3 is 2.56 bits per heavy atom. The number of para-hydroxylation sites is 1. The molecule has 2 rings (SSSR count). The third-order valence-corrected chi connectivity index (χ3v) is 2.64. The van der Waals surface area contributed by atoms with E-state index in [0.29, 0.717) is 0 Å². The number of rotatable bonds is 3. The molecule has 0 spiro atoms. The molecule has 96 valence electrons. The van der Waals surface area contributed by atoms with Gasteiger partial charge in [0.05, 0.1) is 6.04 Å². The summed E-state index contributed by atoms with van der Waals surface area (Å²) in [6.07, 6.45) is 0. The molecule has 2 aromatic rings. The molecule has 1 heterocycles. The van der Waals surface area contributed by atoms with Crippen LogP contribution in [0.1, 0.15) is 32.6 Å². The average Bonchev–Trinajstić information content (AvgIpc) is 2.71. The first-order chi connectivity index (χ1) is 8.56. The highest BCUT2D eigenvalue weighted by Gasteiger charge is 2.14. The van der Waals surface area contributed by atoms with Gasteiger partial charge < -0.3 is 15.1 Å². The van der Waals surface area contributed by atoms with Gasteiger partial charge in [0.25, 0.3) is 0 Å². The van der Waals surface area contributed by atoms with Crippen LogP contribution in [0.25, 0.3) is 11.0 Å². The molecule has 0 fully saturated rings. The Balaban J connectivity index is 2.08. The summed E-state index contributed by atoms with van der Waals surface area (Å²) in [5, 5.41) is 6.68. The Kier molecular flexibility index (Phi) is 3.55. The Morgan fingerprint density at radius 2 is 1.89 bits per heavy atom. The fourth-order valence-corrected chi connectivity index (χ4v) is 1.79. The molecule has 0 radical (unpaired) electrons. The van der Waals surface area contributed by atoms with Crippen molar-refractivity contribution in [2.45, 2.75) is 32.9 Å². The van der Waals surface area contributed by atoms with E-state index in [9.17, 15) is 4.79 Å². The summed E-state index contributed by atoms with van der Waals surface area (Å²) in [6, 6.07) is 9.53. The molecular weight excluding hydrogens is 228 g/mol. The fraction of sp³-hybridized carbons (Fsp3) is 0.357. The molecule has 0 aliphatic heterocycles. The number of nitrogens with one attached hydrogen (secondary N) is 2. The highest BCUT2D eigenvalue weighted by atomic mass is 16.3. The van der Waals surface area contributed by atoms with E-state index < -0.39 is 0 Å². The topological polar surface area (TPSA) is 54.3 Å². The second kappa shape index (κ2) is 5.12. The number of hydrogen-bond donors (Lipinski definition) is 2. The molecule has 1 atom stereocenters. The van der Waals surface area contributed by atoms with E-state index >= 15 is 0 Å². The molecule has 1 aromatic carbocycles. The molecule has 0 saturated carbocycles. The third kappa shape index (κ3) is 2.83. The van der Waals surface area contributed by atoms with Crippen molar-refractivity contribution in [3.63, 3.8) is 0 Å². The van der Waals surface area contributed by atoms with Crippen LogP contribution in [-0.2, 0) is 0 Å². The zero-order valence-electron chi connectivity index (χ0n) is 10.9. The number of carbonyl (C=O) groups is 1. The van der Waals surface area contributed by atoms with Gasteiger partial charge in [-0.2, -0.15) is 0 Å². The van der Waals surface area contributed by atoms with Gasteiger partial charge in [0.1, 0.15) is 11.3 Å². The smallest absolute Gasteiger partial charge is 0.315 e. The molecule has 0 bridgehead atoms. The average molecular weight is 246 g/mol. The van der Waals surface area contributed by atoms with E-state index in [4.69, 9.17) is 4.42 Å². The van der Waals surface area contributed by atoms with E-state index in [2.05, 4.69) is 10.6 Å². The molecule has 1 unspecified atom stereocenters. The monoisotopic (exact) mass is 246 g/mol. The summed E-state index contributed by atoms with van der Waals surface area (Å²) in [4.78, 5) is 11.6. The van der Waals surface area contributed by atoms with Crippen molar-refractivity contribution >= 4 is 17.0 Å². The summed E-state index contributed by atoms with van der Waals surface area (Å²) in [5.41, 5.74) is 0.838. The molecule has 0 saturated heterocycles. The van der Waals surface area contributed by atoms with E-state index in [1.54, 1.807) is 0 Å². The van der Waals surface area contributed by atoms with Crippen LogP contribution < -0.4 is 10.6 Å². The molecule has 18 heavy (non-hydrogen) atoms. The Labute approximate surface area is 106 Å². The van der Waals surface area contributed by atoms with Gasteiger partial charge in [-0.15, -0.1) is 0 Å². The quantitative estimate of drug-likeness (QED) is 0.873. The zero-order chi connectivity index (χ0) is 13.1. The first-order valence-electron chi connectivity index (χ1n) is 6.12. The molecule has 4 heteroatoms. The van der Waals surface area contributed by atoms with Crippen molar-refractivity contribution in [2.24, 2.45) is 0 Å². The van der Waals surface area contributed by atoms with Gasteiger partial charge in [-0.05, 0) is 32.9 Å². The van der Waals surface area contributed by atoms with Gasteiger partial charge in [0.2, 0.25) is 0 Å². The number of carbonyl (C=O) groups excluding carboxylic acids is 1. The third-order valence-electron chi connectivity index (χ3n) is 2.64. The number of hydrogen-bond acceptors (Lipinski definition) is 2. The molecular formula is C14H18N2O2. The highest BCUT2D eigenvalue weighted by Crippen LogP contribution is 2.23. The molecule has 1 aromatic heterocycles. The Bertz CT molecular complexity index is 512. The van der Waals surface area contributed by atoms with Crippen LogP contribution in [0.2, 0.25) is 0 Å².